The maximum atomic E-state index is 12.2. The third kappa shape index (κ3) is 7.05. The number of amides is 1. The van der Waals surface area contributed by atoms with Gasteiger partial charge in [-0.25, -0.2) is 8.42 Å². The highest BCUT2D eigenvalue weighted by Crippen LogP contribution is 2.27. The van der Waals surface area contributed by atoms with Crippen molar-refractivity contribution in [3.63, 3.8) is 0 Å². The van der Waals surface area contributed by atoms with Crippen molar-refractivity contribution in [3.8, 4) is 11.5 Å². The fourth-order valence-corrected chi connectivity index (χ4v) is 4.09. The number of hydrogen-bond donors (Lipinski definition) is 1. The highest BCUT2D eigenvalue weighted by molar-refractivity contribution is 7.90. The van der Waals surface area contributed by atoms with E-state index in [1.807, 2.05) is 12.1 Å². The molecule has 0 atom stereocenters. The predicted octanol–water partition coefficient (Wildman–Crippen LogP) is 3.02. The lowest BCUT2D eigenvalue weighted by molar-refractivity contribution is -0.120. The predicted molar refractivity (Wildman–Crippen MR) is 110 cm³/mol. The van der Waals surface area contributed by atoms with Crippen LogP contribution in [0.1, 0.15) is 17.5 Å². The zero-order valence-electron chi connectivity index (χ0n) is 15.9. The number of carbonyl (C=O) groups is 1. The first-order chi connectivity index (χ1) is 13.3. The van der Waals surface area contributed by atoms with Gasteiger partial charge in [-0.15, -0.1) is 0 Å². The van der Waals surface area contributed by atoms with Gasteiger partial charge in [0.2, 0.25) is 5.91 Å². The van der Waals surface area contributed by atoms with Crippen LogP contribution in [0, 0.1) is 0 Å². The molecule has 0 heterocycles. The number of hydrogen-bond acceptors (Lipinski definition) is 5. The molecule has 0 bridgehead atoms. The molecule has 2 aromatic rings. The molecule has 0 spiro atoms. The van der Waals surface area contributed by atoms with E-state index in [9.17, 15) is 13.2 Å². The van der Waals surface area contributed by atoms with E-state index in [0.717, 1.165) is 5.56 Å². The lowest BCUT2D eigenvalue weighted by atomic mass is 10.1. The maximum Gasteiger partial charge on any atom is 0.221 e. The molecule has 2 rings (SSSR count). The maximum absolute atomic E-state index is 12.2. The van der Waals surface area contributed by atoms with E-state index < -0.39 is 9.84 Å². The minimum Gasteiger partial charge on any atom is -0.493 e. The highest BCUT2D eigenvalue weighted by Gasteiger charge is 2.14. The fraction of sp³-hybridized carbons (Fsp3) is 0.350. The summed E-state index contributed by atoms with van der Waals surface area (Å²) < 4.78 is 34.8. The SMILES string of the molecule is COc1ccc(CCNC(=O)CCS(=O)(=O)Cc2ccc(Cl)cc2)cc1OC. The van der Waals surface area contributed by atoms with Crippen molar-refractivity contribution in [3.05, 3.63) is 58.6 Å². The monoisotopic (exact) mass is 425 g/mol. The minimum atomic E-state index is -3.37. The minimum absolute atomic E-state index is 0.0676. The Morgan fingerprint density at radius 1 is 1.00 bits per heavy atom. The van der Waals surface area contributed by atoms with Crippen LogP contribution in [-0.2, 0) is 26.8 Å². The molecule has 0 saturated carbocycles. The van der Waals surface area contributed by atoms with Crippen LogP contribution < -0.4 is 14.8 Å². The molecule has 2 aromatic carbocycles. The molecule has 28 heavy (non-hydrogen) atoms. The average molecular weight is 426 g/mol. The fourth-order valence-electron chi connectivity index (χ4n) is 2.63. The molecule has 0 radical (unpaired) electrons. The summed E-state index contributed by atoms with van der Waals surface area (Å²) in [5, 5.41) is 3.30. The van der Waals surface area contributed by atoms with Crippen molar-refractivity contribution in [2.75, 3.05) is 26.5 Å². The highest BCUT2D eigenvalue weighted by atomic mass is 35.5. The van der Waals surface area contributed by atoms with E-state index in [1.165, 1.54) is 0 Å². The Hall–Kier alpha value is -2.25. The number of carbonyl (C=O) groups excluding carboxylic acids is 1. The van der Waals surface area contributed by atoms with Crippen molar-refractivity contribution in [1.82, 2.24) is 5.32 Å². The van der Waals surface area contributed by atoms with Crippen molar-refractivity contribution in [2.24, 2.45) is 0 Å². The molecule has 0 aromatic heterocycles. The Bertz CT molecular complexity index is 897. The van der Waals surface area contributed by atoms with E-state index in [-0.39, 0.29) is 23.8 Å². The standard InChI is InChI=1S/C20H24ClNO5S/c1-26-18-8-5-15(13-19(18)27-2)9-11-22-20(23)10-12-28(24,25)14-16-3-6-17(21)7-4-16/h3-8,13H,9-12,14H2,1-2H3,(H,22,23). The Kier molecular flexibility index (Phi) is 8.14. The number of benzene rings is 2. The van der Waals surface area contributed by atoms with Gasteiger partial charge in [-0.1, -0.05) is 29.8 Å². The molecule has 8 heteroatoms. The molecule has 0 aliphatic rings. The van der Waals surface area contributed by atoms with Gasteiger partial charge < -0.3 is 14.8 Å². The summed E-state index contributed by atoms with van der Waals surface area (Å²) >= 11 is 5.79. The van der Waals surface area contributed by atoms with Gasteiger partial charge in [0, 0.05) is 18.0 Å². The van der Waals surface area contributed by atoms with Gasteiger partial charge in [0.25, 0.3) is 0 Å². The zero-order chi connectivity index (χ0) is 20.6. The second-order valence-corrected chi connectivity index (χ2v) is 8.88. The van der Waals surface area contributed by atoms with E-state index in [4.69, 9.17) is 21.1 Å². The molecule has 6 nitrogen and oxygen atoms in total. The lowest BCUT2D eigenvalue weighted by Gasteiger charge is -2.10. The summed E-state index contributed by atoms with van der Waals surface area (Å²) in [5.41, 5.74) is 1.63. The average Bonchev–Trinajstić information content (AvgIpc) is 2.68. The molecular weight excluding hydrogens is 402 g/mol. The van der Waals surface area contributed by atoms with Crippen LogP contribution in [0.5, 0.6) is 11.5 Å². The van der Waals surface area contributed by atoms with E-state index in [1.54, 1.807) is 44.6 Å². The van der Waals surface area contributed by atoms with Crippen molar-refractivity contribution in [2.45, 2.75) is 18.6 Å². The third-order valence-corrected chi connectivity index (χ3v) is 5.98. The molecule has 0 aliphatic heterocycles. The molecule has 152 valence electrons. The van der Waals surface area contributed by atoms with Crippen LogP contribution in [0.2, 0.25) is 5.02 Å². The molecule has 0 saturated heterocycles. The first-order valence-electron chi connectivity index (χ1n) is 8.75. The van der Waals surface area contributed by atoms with Gasteiger partial charge in [-0.3, -0.25) is 4.79 Å². The first kappa shape index (κ1) is 22.0. The van der Waals surface area contributed by atoms with Gasteiger partial charge in [0.05, 0.1) is 25.7 Å². The summed E-state index contributed by atoms with van der Waals surface area (Å²) in [6.45, 7) is 0.408. The molecule has 0 unspecified atom stereocenters. The van der Waals surface area contributed by atoms with E-state index >= 15 is 0 Å². The normalized spacial score (nSPS) is 11.1. The number of methoxy groups -OCH3 is 2. The number of halogens is 1. The van der Waals surface area contributed by atoms with Crippen molar-refractivity contribution in [1.29, 1.82) is 0 Å². The van der Waals surface area contributed by atoms with Gasteiger partial charge >= 0.3 is 0 Å². The van der Waals surface area contributed by atoms with Crippen LogP contribution in [-0.4, -0.2) is 40.8 Å². The quantitative estimate of drug-likeness (QED) is 0.632. The Morgan fingerprint density at radius 3 is 2.29 bits per heavy atom. The number of sulfone groups is 1. The topological polar surface area (TPSA) is 81.7 Å². The Labute approximate surface area is 170 Å². The van der Waals surface area contributed by atoms with Crippen LogP contribution in [0.25, 0.3) is 0 Å². The van der Waals surface area contributed by atoms with Crippen molar-refractivity contribution < 1.29 is 22.7 Å². The summed E-state index contributed by atoms with van der Waals surface area (Å²) in [4.78, 5) is 12.0. The third-order valence-electron chi connectivity index (χ3n) is 4.12. The Morgan fingerprint density at radius 2 is 1.64 bits per heavy atom. The summed E-state index contributed by atoms with van der Waals surface area (Å²) in [6, 6.07) is 12.2. The van der Waals surface area contributed by atoms with Gasteiger partial charge in [-0.2, -0.15) is 0 Å². The van der Waals surface area contributed by atoms with Crippen LogP contribution in [0.15, 0.2) is 42.5 Å². The lowest BCUT2D eigenvalue weighted by Crippen LogP contribution is -2.27. The Balaban J connectivity index is 1.77. The second kappa shape index (κ2) is 10.3. The van der Waals surface area contributed by atoms with Crippen LogP contribution in [0.3, 0.4) is 0 Å². The van der Waals surface area contributed by atoms with Gasteiger partial charge in [0.1, 0.15) is 0 Å². The molecule has 0 fully saturated rings. The van der Waals surface area contributed by atoms with E-state index in [0.29, 0.717) is 35.1 Å². The summed E-state index contributed by atoms with van der Waals surface area (Å²) in [7, 11) is -0.239. The van der Waals surface area contributed by atoms with Crippen LogP contribution in [0.4, 0.5) is 0 Å². The number of rotatable bonds is 10. The zero-order valence-corrected chi connectivity index (χ0v) is 17.5. The van der Waals surface area contributed by atoms with Gasteiger partial charge in [0.15, 0.2) is 21.3 Å². The summed E-state index contributed by atoms with van der Waals surface area (Å²) in [5.74, 6) is 0.668. The van der Waals surface area contributed by atoms with E-state index in [2.05, 4.69) is 5.32 Å². The molecule has 1 amide bonds. The number of ether oxygens (including phenoxy) is 2. The summed E-state index contributed by atoms with van der Waals surface area (Å²) in [6.07, 6.45) is 0.533. The first-order valence-corrected chi connectivity index (χ1v) is 11.0. The van der Waals surface area contributed by atoms with Gasteiger partial charge in [-0.05, 0) is 41.8 Å². The second-order valence-electron chi connectivity index (χ2n) is 6.26. The molecular formula is C20H24ClNO5S. The number of nitrogens with one attached hydrogen (secondary N) is 1. The van der Waals surface area contributed by atoms with Crippen molar-refractivity contribution >= 4 is 27.3 Å². The molecule has 0 aliphatic carbocycles. The smallest absolute Gasteiger partial charge is 0.221 e. The largest absolute Gasteiger partial charge is 0.493 e. The van der Waals surface area contributed by atoms with Crippen LogP contribution >= 0.6 is 11.6 Å². The molecule has 1 N–H and O–H groups in total.